The molecular formula is C7H9NO5. The number of aliphatic carboxylic acids is 2. The monoisotopic (exact) mass is 187 g/mol. The van der Waals surface area contributed by atoms with Crippen LogP contribution in [0.4, 0.5) is 0 Å². The number of carbonyl (C=O) groups excluding carboxylic acids is 1. The Morgan fingerprint density at radius 1 is 1.46 bits per heavy atom. The molecule has 0 spiro atoms. The number of rotatable bonds is 6. The molecule has 0 aliphatic carbocycles. The summed E-state index contributed by atoms with van der Waals surface area (Å²) in [5, 5.41) is 18.8. The molecule has 0 aromatic heterocycles. The standard InChI is InChI=1S/C7H9NO5/c1-4(6(10)11)2-5(7(12)13)8-3-9/h3,5H,1-2H2,(H,8,9)(H,10,11)(H,12,13). The van der Waals surface area contributed by atoms with Gasteiger partial charge in [0.15, 0.2) is 0 Å². The molecule has 0 saturated heterocycles. The van der Waals surface area contributed by atoms with Crippen molar-refractivity contribution in [3.63, 3.8) is 0 Å². The molecule has 0 bridgehead atoms. The fraction of sp³-hybridized carbons (Fsp3) is 0.286. The number of hydrogen-bond donors (Lipinski definition) is 3. The van der Waals surface area contributed by atoms with Gasteiger partial charge in [-0.05, 0) is 0 Å². The van der Waals surface area contributed by atoms with Gasteiger partial charge in [-0.25, -0.2) is 9.59 Å². The van der Waals surface area contributed by atoms with Crippen molar-refractivity contribution < 1.29 is 24.6 Å². The highest BCUT2D eigenvalue weighted by molar-refractivity contribution is 5.87. The summed E-state index contributed by atoms with van der Waals surface area (Å²) in [5.74, 6) is -2.58. The Balaban J connectivity index is 4.25. The van der Waals surface area contributed by atoms with Gasteiger partial charge >= 0.3 is 11.9 Å². The van der Waals surface area contributed by atoms with E-state index in [1.165, 1.54) is 0 Å². The number of carbonyl (C=O) groups is 3. The molecule has 13 heavy (non-hydrogen) atoms. The molecule has 0 aliphatic rings. The molecule has 0 fully saturated rings. The van der Waals surface area contributed by atoms with Crippen LogP contribution in [-0.4, -0.2) is 34.6 Å². The van der Waals surface area contributed by atoms with Crippen molar-refractivity contribution >= 4 is 18.3 Å². The quantitative estimate of drug-likeness (QED) is 0.373. The van der Waals surface area contributed by atoms with Crippen molar-refractivity contribution in [3.8, 4) is 0 Å². The molecule has 0 radical (unpaired) electrons. The lowest BCUT2D eigenvalue weighted by molar-refractivity contribution is -0.140. The highest BCUT2D eigenvalue weighted by Crippen LogP contribution is 2.02. The van der Waals surface area contributed by atoms with Crippen molar-refractivity contribution in [1.29, 1.82) is 0 Å². The van der Waals surface area contributed by atoms with Crippen molar-refractivity contribution in [2.75, 3.05) is 0 Å². The van der Waals surface area contributed by atoms with Crippen LogP contribution in [0.15, 0.2) is 12.2 Å². The zero-order valence-corrected chi connectivity index (χ0v) is 6.69. The third-order valence-corrected chi connectivity index (χ3v) is 1.32. The first-order valence-corrected chi connectivity index (χ1v) is 3.32. The van der Waals surface area contributed by atoms with Gasteiger partial charge in [-0.2, -0.15) is 0 Å². The molecule has 72 valence electrons. The minimum Gasteiger partial charge on any atom is -0.480 e. The van der Waals surface area contributed by atoms with Crippen LogP contribution in [0.2, 0.25) is 0 Å². The summed E-state index contributed by atoms with van der Waals surface area (Å²) in [5.41, 5.74) is -0.262. The third kappa shape index (κ3) is 3.90. The lowest BCUT2D eigenvalue weighted by atomic mass is 10.1. The first-order valence-electron chi connectivity index (χ1n) is 3.32. The third-order valence-electron chi connectivity index (χ3n) is 1.32. The van der Waals surface area contributed by atoms with Crippen LogP contribution in [0, 0.1) is 0 Å². The molecule has 1 amide bonds. The molecule has 0 aliphatic heterocycles. The smallest absolute Gasteiger partial charge is 0.331 e. The summed E-state index contributed by atoms with van der Waals surface area (Å²) in [4.78, 5) is 30.6. The molecule has 3 N–H and O–H groups in total. The first kappa shape index (κ1) is 11.2. The minimum absolute atomic E-state index is 0.202. The predicted octanol–water partition coefficient (Wildman–Crippen LogP) is -0.783. The number of hydrogen-bond acceptors (Lipinski definition) is 3. The number of amides is 1. The summed E-state index contributed by atoms with van der Waals surface area (Å²) >= 11 is 0. The lowest BCUT2D eigenvalue weighted by Crippen LogP contribution is -2.36. The van der Waals surface area contributed by atoms with Crippen molar-refractivity contribution in [2.24, 2.45) is 0 Å². The van der Waals surface area contributed by atoms with E-state index < -0.39 is 18.0 Å². The average molecular weight is 187 g/mol. The van der Waals surface area contributed by atoms with Crippen LogP contribution in [-0.2, 0) is 14.4 Å². The average Bonchev–Trinajstić information content (AvgIpc) is 2.03. The van der Waals surface area contributed by atoms with E-state index in [9.17, 15) is 14.4 Å². The van der Waals surface area contributed by atoms with Gasteiger partial charge in [0, 0.05) is 12.0 Å². The van der Waals surface area contributed by atoms with E-state index >= 15 is 0 Å². The van der Waals surface area contributed by atoms with Crippen LogP contribution < -0.4 is 5.32 Å². The van der Waals surface area contributed by atoms with Gasteiger partial charge in [-0.3, -0.25) is 4.79 Å². The molecule has 0 heterocycles. The molecule has 0 aromatic rings. The van der Waals surface area contributed by atoms with Crippen LogP contribution in [0.1, 0.15) is 6.42 Å². The van der Waals surface area contributed by atoms with Gasteiger partial charge in [0.05, 0.1) is 0 Å². The molecule has 6 heteroatoms. The van der Waals surface area contributed by atoms with Crippen LogP contribution >= 0.6 is 0 Å². The van der Waals surface area contributed by atoms with E-state index in [4.69, 9.17) is 10.2 Å². The highest BCUT2D eigenvalue weighted by atomic mass is 16.4. The second-order valence-corrected chi connectivity index (χ2v) is 2.29. The van der Waals surface area contributed by atoms with E-state index in [2.05, 4.69) is 6.58 Å². The lowest BCUT2D eigenvalue weighted by Gasteiger charge is -2.09. The minimum atomic E-state index is -1.30. The molecule has 1 unspecified atom stereocenters. The molecule has 0 saturated carbocycles. The predicted molar refractivity (Wildman–Crippen MR) is 42.0 cm³/mol. The fourth-order valence-corrected chi connectivity index (χ4v) is 0.633. The topological polar surface area (TPSA) is 104 Å². The Hall–Kier alpha value is -1.85. The van der Waals surface area contributed by atoms with Crippen molar-refractivity contribution in [3.05, 3.63) is 12.2 Å². The molecule has 0 rings (SSSR count). The van der Waals surface area contributed by atoms with Gasteiger partial charge < -0.3 is 15.5 Å². The van der Waals surface area contributed by atoms with Crippen LogP contribution in [0.5, 0.6) is 0 Å². The number of carboxylic acids is 2. The summed E-state index contributed by atoms with van der Waals surface area (Å²) < 4.78 is 0. The van der Waals surface area contributed by atoms with Crippen LogP contribution in [0.25, 0.3) is 0 Å². The Morgan fingerprint density at radius 3 is 2.31 bits per heavy atom. The van der Waals surface area contributed by atoms with E-state index in [0.29, 0.717) is 0 Å². The second-order valence-electron chi connectivity index (χ2n) is 2.29. The van der Waals surface area contributed by atoms with E-state index in [-0.39, 0.29) is 18.4 Å². The Morgan fingerprint density at radius 2 is 2.00 bits per heavy atom. The van der Waals surface area contributed by atoms with Crippen molar-refractivity contribution in [2.45, 2.75) is 12.5 Å². The SMILES string of the molecule is C=C(CC(NC=O)C(=O)O)C(=O)O. The van der Waals surface area contributed by atoms with Crippen LogP contribution in [0.3, 0.4) is 0 Å². The maximum absolute atomic E-state index is 10.4. The fourth-order valence-electron chi connectivity index (χ4n) is 0.633. The first-order chi connectivity index (χ1) is 5.99. The van der Waals surface area contributed by atoms with E-state index in [0.717, 1.165) is 0 Å². The zero-order chi connectivity index (χ0) is 10.4. The highest BCUT2D eigenvalue weighted by Gasteiger charge is 2.19. The van der Waals surface area contributed by atoms with Gasteiger partial charge in [0.1, 0.15) is 6.04 Å². The zero-order valence-electron chi connectivity index (χ0n) is 6.69. The number of nitrogens with one attached hydrogen (secondary N) is 1. The van der Waals surface area contributed by atoms with Gasteiger partial charge in [0.2, 0.25) is 6.41 Å². The normalized spacial score (nSPS) is 11.4. The van der Waals surface area contributed by atoms with Crippen molar-refractivity contribution in [1.82, 2.24) is 5.32 Å². The van der Waals surface area contributed by atoms with Gasteiger partial charge in [0.25, 0.3) is 0 Å². The Bertz CT molecular complexity index is 247. The summed E-state index contributed by atoms with van der Waals surface area (Å²) in [6, 6.07) is -1.24. The molecule has 0 aromatic carbocycles. The largest absolute Gasteiger partial charge is 0.480 e. The second kappa shape index (κ2) is 4.91. The summed E-state index contributed by atoms with van der Waals surface area (Å²) in [6.45, 7) is 3.14. The summed E-state index contributed by atoms with van der Waals surface area (Å²) in [7, 11) is 0. The van der Waals surface area contributed by atoms with Gasteiger partial charge in [-0.15, -0.1) is 0 Å². The maximum atomic E-state index is 10.4. The number of carboxylic acid groups (broad SMARTS) is 2. The van der Waals surface area contributed by atoms with E-state index in [1.54, 1.807) is 0 Å². The Kier molecular flexibility index (Phi) is 4.21. The maximum Gasteiger partial charge on any atom is 0.331 e. The molecular weight excluding hydrogens is 178 g/mol. The molecule has 1 atom stereocenters. The van der Waals surface area contributed by atoms with Gasteiger partial charge in [-0.1, -0.05) is 6.58 Å². The Labute approximate surface area is 73.9 Å². The molecule has 6 nitrogen and oxygen atoms in total. The van der Waals surface area contributed by atoms with E-state index in [1.807, 2.05) is 5.32 Å². The summed E-state index contributed by atoms with van der Waals surface area (Å²) in [6.07, 6.45) is -0.114.